The summed E-state index contributed by atoms with van der Waals surface area (Å²) in [6, 6.07) is 8.45. The van der Waals surface area contributed by atoms with E-state index in [-0.39, 0.29) is 5.92 Å². The van der Waals surface area contributed by atoms with Gasteiger partial charge in [-0.25, -0.2) is 0 Å². The molecule has 4 nitrogen and oxygen atoms in total. The first kappa shape index (κ1) is 14.5. The van der Waals surface area contributed by atoms with Crippen LogP contribution in [0.4, 0.5) is 0 Å². The molecule has 1 aliphatic carbocycles. The molecule has 1 atom stereocenters. The zero-order valence-electron chi connectivity index (χ0n) is 13.6. The van der Waals surface area contributed by atoms with Crippen LogP contribution in [-0.4, -0.2) is 33.7 Å². The lowest BCUT2D eigenvalue weighted by atomic mass is 9.81. The highest BCUT2D eigenvalue weighted by atomic mass is 16.2. The van der Waals surface area contributed by atoms with E-state index < -0.39 is 0 Å². The average molecular weight is 309 g/mol. The molecule has 120 valence electrons. The van der Waals surface area contributed by atoms with E-state index in [9.17, 15) is 4.79 Å². The Kier molecular flexibility index (Phi) is 3.68. The van der Waals surface area contributed by atoms with E-state index in [1.54, 1.807) is 0 Å². The maximum atomic E-state index is 12.8. The van der Waals surface area contributed by atoms with Crippen molar-refractivity contribution in [2.75, 3.05) is 13.1 Å². The maximum absolute atomic E-state index is 12.8. The van der Waals surface area contributed by atoms with Crippen LogP contribution < -0.4 is 0 Å². The smallest absolute Gasteiger partial charge is 0.230 e. The van der Waals surface area contributed by atoms with Crippen molar-refractivity contribution in [3.05, 3.63) is 53.3 Å². The number of fused-ring (bicyclic) bond motifs is 1. The molecule has 0 bridgehead atoms. The second kappa shape index (κ2) is 5.84. The molecular formula is C19H23N3O. The van der Waals surface area contributed by atoms with Gasteiger partial charge < -0.3 is 4.90 Å². The van der Waals surface area contributed by atoms with Crippen molar-refractivity contribution in [3.8, 4) is 0 Å². The van der Waals surface area contributed by atoms with E-state index in [2.05, 4.69) is 42.5 Å². The summed E-state index contributed by atoms with van der Waals surface area (Å²) in [5.41, 5.74) is 3.81. The van der Waals surface area contributed by atoms with Crippen LogP contribution in [-0.2, 0) is 17.8 Å². The fourth-order valence-electron chi connectivity index (χ4n) is 3.93. The molecule has 0 spiro atoms. The summed E-state index contributed by atoms with van der Waals surface area (Å²) >= 11 is 0. The van der Waals surface area contributed by atoms with Crippen LogP contribution >= 0.6 is 0 Å². The first-order valence-electron chi connectivity index (χ1n) is 8.56. The third kappa shape index (κ3) is 2.78. The maximum Gasteiger partial charge on any atom is 0.230 e. The number of benzene rings is 1. The number of nitrogens with zero attached hydrogens (tertiary/aromatic N) is 3. The minimum absolute atomic E-state index is 0.0767. The lowest BCUT2D eigenvalue weighted by molar-refractivity contribution is -0.140. The van der Waals surface area contributed by atoms with Crippen molar-refractivity contribution in [1.29, 1.82) is 0 Å². The summed E-state index contributed by atoms with van der Waals surface area (Å²) in [7, 11) is 0. The first-order chi connectivity index (χ1) is 11.2. The second-order valence-corrected chi connectivity index (χ2v) is 6.99. The molecule has 2 aliphatic rings. The van der Waals surface area contributed by atoms with Crippen LogP contribution in [0.15, 0.2) is 36.7 Å². The Bertz CT molecular complexity index is 715. The van der Waals surface area contributed by atoms with Crippen molar-refractivity contribution in [2.24, 2.45) is 5.92 Å². The number of hydrogen-bond donors (Lipinski definition) is 0. The number of rotatable bonds is 3. The van der Waals surface area contributed by atoms with Gasteiger partial charge >= 0.3 is 0 Å². The summed E-state index contributed by atoms with van der Waals surface area (Å²) < 4.78 is 2.00. The van der Waals surface area contributed by atoms with Crippen molar-refractivity contribution in [1.82, 2.24) is 14.7 Å². The fraction of sp³-hybridized carbons (Fsp3) is 0.474. The highest BCUT2D eigenvalue weighted by Gasteiger charge is 2.36. The minimum Gasteiger partial charge on any atom is -0.341 e. The molecule has 1 fully saturated rings. The Morgan fingerprint density at radius 2 is 2.13 bits per heavy atom. The van der Waals surface area contributed by atoms with Crippen molar-refractivity contribution < 1.29 is 4.79 Å². The van der Waals surface area contributed by atoms with Crippen LogP contribution in [0.25, 0.3) is 0 Å². The topological polar surface area (TPSA) is 38.1 Å². The number of hydrogen-bond acceptors (Lipinski definition) is 2. The van der Waals surface area contributed by atoms with Gasteiger partial charge in [-0.15, -0.1) is 0 Å². The van der Waals surface area contributed by atoms with Gasteiger partial charge in [0.05, 0.1) is 12.1 Å². The lowest BCUT2D eigenvalue weighted by Gasteiger charge is -2.42. The van der Waals surface area contributed by atoms with E-state index in [1.165, 1.54) is 16.7 Å². The van der Waals surface area contributed by atoms with Crippen LogP contribution in [0.5, 0.6) is 0 Å². The molecule has 0 radical (unpaired) electrons. The van der Waals surface area contributed by atoms with Crippen molar-refractivity contribution in [2.45, 2.75) is 38.6 Å². The predicted molar refractivity (Wildman–Crippen MR) is 89.2 cm³/mol. The molecule has 1 aromatic carbocycles. The second-order valence-electron chi connectivity index (χ2n) is 6.99. The predicted octanol–water partition coefficient (Wildman–Crippen LogP) is 2.77. The summed E-state index contributed by atoms with van der Waals surface area (Å²) in [5.74, 6) is 0.940. The van der Waals surface area contributed by atoms with E-state index in [1.807, 2.05) is 15.8 Å². The van der Waals surface area contributed by atoms with E-state index in [4.69, 9.17) is 0 Å². The molecule has 23 heavy (non-hydrogen) atoms. The van der Waals surface area contributed by atoms with Crippen LogP contribution in [0.1, 0.15) is 35.4 Å². The summed E-state index contributed by atoms with van der Waals surface area (Å²) in [4.78, 5) is 14.9. The van der Waals surface area contributed by atoms with Crippen molar-refractivity contribution in [3.63, 3.8) is 0 Å². The van der Waals surface area contributed by atoms with E-state index in [0.717, 1.165) is 38.9 Å². The SMILES string of the molecule is Cc1cnn(CC2CN(C(=O)C3CCCc4ccccc43)C2)c1. The van der Waals surface area contributed by atoms with Gasteiger partial charge in [-0.3, -0.25) is 9.48 Å². The van der Waals surface area contributed by atoms with Gasteiger partial charge in [-0.1, -0.05) is 24.3 Å². The molecule has 2 heterocycles. The Morgan fingerprint density at radius 3 is 2.91 bits per heavy atom. The molecule has 1 saturated heterocycles. The molecule has 1 unspecified atom stereocenters. The number of amides is 1. The molecule has 1 aromatic heterocycles. The third-order valence-electron chi connectivity index (χ3n) is 5.14. The highest BCUT2D eigenvalue weighted by Crippen LogP contribution is 2.34. The van der Waals surface area contributed by atoms with E-state index >= 15 is 0 Å². The average Bonchev–Trinajstić information content (AvgIpc) is 2.94. The fourth-order valence-corrected chi connectivity index (χ4v) is 3.93. The molecule has 0 saturated carbocycles. The van der Waals surface area contributed by atoms with Crippen LogP contribution in [0.2, 0.25) is 0 Å². The largest absolute Gasteiger partial charge is 0.341 e. The lowest BCUT2D eigenvalue weighted by Crippen LogP contribution is -2.53. The number of aryl methyl sites for hydroxylation is 2. The summed E-state index contributed by atoms with van der Waals surface area (Å²) in [5, 5.41) is 4.34. The van der Waals surface area contributed by atoms with Crippen molar-refractivity contribution >= 4 is 5.91 Å². The van der Waals surface area contributed by atoms with Gasteiger partial charge in [0.15, 0.2) is 0 Å². The molecule has 1 aliphatic heterocycles. The zero-order valence-corrected chi connectivity index (χ0v) is 13.6. The number of likely N-dealkylation sites (tertiary alicyclic amines) is 1. The Labute approximate surface area is 137 Å². The summed E-state index contributed by atoms with van der Waals surface area (Å²) in [6.45, 7) is 4.71. The molecular weight excluding hydrogens is 286 g/mol. The Balaban J connectivity index is 1.38. The third-order valence-corrected chi connectivity index (χ3v) is 5.14. The van der Waals surface area contributed by atoms with Gasteiger partial charge in [-0.2, -0.15) is 5.10 Å². The number of carbonyl (C=O) groups excluding carboxylic acids is 1. The molecule has 4 heteroatoms. The summed E-state index contributed by atoms with van der Waals surface area (Å²) in [6.07, 6.45) is 7.19. The Morgan fingerprint density at radius 1 is 1.30 bits per heavy atom. The minimum atomic E-state index is 0.0767. The van der Waals surface area contributed by atoms with Gasteiger partial charge in [-0.05, 0) is 42.9 Å². The molecule has 2 aromatic rings. The number of aromatic nitrogens is 2. The van der Waals surface area contributed by atoms with Crippen LogP contribution in [0, 0.1) is 12.8 Å². The molecule has 1 amide bonds. The van der Waals surface area contributed by atoms with Gasteiger partial charge in [0.1, 0.15) is 0 Å². The zero-order chi connectivity index (χ0) is 15.8. The quantitative estimate of drug-likeness (QED) is 0.874. The molecule has 0 N–H and O–H groups in total. The first-order valence-corrected chi connectivity index (χ1v) is 8.56. The van der Waals surface area contributed by atoms with Gasteiger partial charge in [0, 0.05) is 31.7 Å². The number of carbonyl (C=O) groups is 1. The molecule has 4 rings (SSSR count). The van der Waals surface area contributed by atoms with Gasteiger partial charge in [0.2, 0.25) is 5.91 Å². The normalized spacial score (nSPS) is 20.9. The van der Waals surface area contributed by atoms with Crippen LogP contribution in [0.3, 0.4) is 0 Å². The van der Waals surface area contributed by atoms with E-state index in [0.29, 0.717) is 11.8 Å². The standard InChI is InChI=1S/C19H23N3O/c1-14-9-20-22(10-14)13-15-11-21(12-15)19(23)18-8-4-6-16-5-2-3-7-17(16)18/h2-3,5,7,9-10,15,18H,4,6,8,11-13H2,1H3. The van der Waals surface area contributed by atoms with Gasteiger partial charge in [0.25, 0.3) is 0 Å². The monoisotopic (exact) mass is 309 g/mol. The highest BCUT2D eigenvalue weighted by molar-refractivity contribution is 5.85. The Hall–Kier alpha value is -2.10.